The van der Waals surface area contributed by atoms with Gasteiger partial charge in [0.1, 0.15) is 17.5 Å². The fourth-order valence-electron chi connectivity index (χ4n) is 3.59. The first kappa shape index (κ1) is 19.0. The Morgan fingerprint density at radius 1 is 1.17 bits per heavy atom. The highest BCUT2D eigenvalue weighted by Crippen LogP contribution is 2.25. The molecule has 0 radical (unpaired) electrons. The van der Waals surface area contributed by atoms with E-state index in [1.165, 1.54) is 15.3 Å². The second-order valence-corrected chi connectivity index (χ2v) is 7.08. The molecule has 0 saturated carbocycles. The molecule has 8 heteroatoms. The molecule has 0 aliphatic carbocycles. The van der Waals surface area contributed by atoms with Crippen LogP contribution in [0.2, 0.25) is 0 Å². The standard InChI is InChI=1S/C21H20F2N4O2/c22-16-9-8-15(18(23)11-16)12-24-20(28)17-7-4-10-26-19(17)25-27(21(26)29)13-14-5-2-1-3-6-14/h1-3,5-6,8-9,11,17H,4,7,10,12-13H2,(H,24,28). The SMILES string of the molecule is O=C(NCc1ccc(F)cc1F)C1CCCn2c1nn(Cc1ccccc1)c2=O. The van der Waals surface area contributed by atoms with Crippen molar-refractivity contribution in [3.63, 3.8) is 0 Å². The van der Waals surface area contributed by atoms with Gasteiger partial charge in [-0.2, -0.15) is 5.10 Å². The summed E-state index contributed by atoms with van der Waals surface area (Å²) in [5.41, 5.74) is 0.895. The molecule has 1 aromatic heterocycles. The Hall–Kier alpha value is -3.29. The van der Waals surface area contributed by atoms with Crippen molar-refractivity contribution in [2.24, 2.45) is 0 Å². The molecule has 2 heterocycles. The normalized spacial score (nSPS) is 15.7. The summed E-state index contributed by atoms with van der Waals surface area (Å²) < 4.78 is 29.7. The lowest BCUT2D eigenvalue weighted by atomic mass is 9.98. The molecule has 4 rings (SSSR count). The topological polar surface area (TPSA) is 68.9 Å². The van der Waals surface area contributed by atoms with Crippen molar-refractivity contribution in [3.05, 3.63) is 87.6 Å². The van der Waals surface area contributed by atoms with Crippen LogP contribution in [0, 0.1) is 11.6 Å². The maximum atomic E-state index is 13.8. The second kappa shape index (κ2) is 7.98. The summed E-state index contributed by atoms with van der Waals surface area (Å²) in [6, 6.07) is 12.7. The lowest BCUT2D eigenvalue weighted by Crippen LogP contribution is -2.35. The van der Waals surface area contributed by atoms with Crippen LogP contribution in [-0.4, -0.2) is 20.3 Å². The van der Waals surface area contributed by atoms with Gasteiger partial charge in [-0.25, -0.2) is 18.3 Å². The van der Waals surface area contributed by atoms with Crippen LogP contribution in [-0.2, 0) is 24.4 Å². The van der Waals surface area contributed by atoms with Gasteiger partial charge in [-0.05, 0) is 24.5 Å². The van der Waals surface area contributed by atoms with Gasteiger partial charge in [0.2, 0.25) is 5.91 Å². The highest BCUT2D eigenvalue weighted by atomic mass is 19.1. The van der Waals surface area contributed by atoms with E-state index in [9.17, 15) is 18.4 Å². The number of carbonyl (C=O) groups excluding carboxylic acids is 1. The Kier molecular flexibility index (Phi) is 5.24. The fourth-order valence-corrected chi connectivity index (χ4v) is 3.59. The molecule has 29 heavy (non-hydrogen) atoms. The lowest BCUT2D eigenvalue weighted by Gasteiger charge is -2.21. The number of amides is 1. The molecule has 150 valence electrons. The molecule has 1 unspecified atom stereocenters. The van der Waals surface area contributed by atoms with Gasteiger partial charge in [0.25, 0.3) is 0 Å². The average Bonchev–Trinajstić information content (AvgIpc) is 3.03. The third-order valence-corrected chi connectivity index (χ3v) is 5.10. The van der Waals surface area contributed by atoms with Crippen LogP contribution in [0.15, 0.2) is 53.3 Å². The van der Waals surface area contributed by atoms with E-state index in [0.717, 1.165) is 17.7 Å². The van der Waals surface area contributed by atoms with E-state index >= 15 is 0 Å². The Morgan fingerprint density at radius 3 is 2.72 bits per heavy atom. The third-order valence-electron chi connectivity index (χ3n) is 5.10. The number of fused-ring (bicyclic) bond motifs is 1. The Labute approximate surface area is 165 Å². The van der Waals surface area contributed by atoms with Gasteiger partial charge in [0, 0.05) is 24.7 Å². The summed E-state index contributed by atoms with van der Waals surface area (Å²) in [5.74, 6) is -1.87. The molecule has 1 aliphatic heterocycles. The predicted molar refractivity (Wildman–Crippen MR) is 102 cm³/mol. The van der Waals surface area contributed by atoms with Crippen molar-refractivity contribution in [1.82, 2.24) is 19.7 Å². The first-order valence-electron chi connectivity index (χ1n) is 9.46. The van der Waals surface area contributed by atoms with Crippen LogP contribution >= 0.6 is 0 Å². The van der Waals surface area contributed by atoms with Crippen molar-refractivity contribution in [1.29, 1.82) is 0 Å². The smallest absolute Gasteiger partial charge is 0.346 e. The summed E-state index contributed by atoms with van der Waals surface area (Å²) in [6.07, 6.45) is 1.23. The zero-order valence-electron chi connectivity index (χ0n) is 15.6. The Morgan fingerprint density at radius 2 is 1.97 bits per heavy atom. The number of hydrogen-bond acceptors (Lipinski definition) is 3. The van der Waals surface area contributed by atoms with Crippen LogP contribution in [0.4, 0.5) is 8.78 Å². The minimum absolute atomic E-state index is 0.0591. The molecule has 1 amide bonds. The molecule has 3 aromatic rings. The molecular formula is C21H20F2N4O2. The van der Waals surface area contributed by atoms with Gasteiger partial charge in [-0.15, -0.1) is 0 Å². The lowest BCUT2D eigenvalue weighted by molar-refractivity contribution is -0.123. The van der Waals surface area contributed by atoms with Gasteiger partial charge >= 0.3 is 5.69 Å². The molecular weight excluding hydrogens is 378 g/mol. The van der Waals surface area contributed by atoms with Crippen molar-refractivity contribution in [3.8, 4) is 0 Å². The Balaban J connectivity index is 1.52. The van der Waals surface area contributed by atoms with E-state index in [2.05, 4.69) is 10.4 Å². The number of hydrogen-bond donors (Lipinski definition) is 1. The number of aromatic nitrogens is 3. The van der Waals surface area contributed by atoms with E-state index in [1.54, 1.807) is 0 Å². The van der Waals surface area contributed by atoms with Crippen molar-refractivity contribution in [2.75, 3.05) is 0 Å². The molecule has 1 aliphatic rings. The number of nitrogens with one attached hydrogen (secondary N) is 1. The minimum atomic E-state index is -0.710. The van der Waals surface area contributed by atoms with E-state index in [0.29, 0.717) is 31.8 Å². The van der Waals surface area contributed by atoms with Gasteiger partial charge in [0.15, 0.2) is 0 Å². The van der Waals surface area contributed by atoms with Gasteiger partial charge < -0.3 is 5.32 Å². The molecule has 2 aromatic carbocycles. The van der Waals surface area contributed by atoms with Crippen LogP contribution in [0.3, 0.4) is 0 Å². The van der Waals surface area contributed by atoms with E-state index < -0.39 is 17.6 Å². The molecule has 0 fully saturated rings. The highest BCUT2D eigenvalue weighted by molar-refractivity contribution is 5.82. The third kappa shape index (κ3) is 3.96. The van der Waals surface area contributed by atoms with E-state index in [1.807, 2.05) is 30.3 Å². The van der Waals surface area contributed by atoms with E-state index in [4.69, 9.17) is 0 Å². The summed E-state index contributed by atoms with van der Waals surface area (Å²) in [4.78, 5) is 25.4. The predicted octanol–water partition coefficient (Wildman–Crippen LogP) is 2.57. The number of rotatable bonds is 5. The average molecular weight is 398 g/mol. The molecule has 0 saturated heterocycles. The van der Waals surface area contributed by atoms with Crippen LogP contribution < -0.4 is 11.0 Å². The summed E-state index contributed by atoms with van der Waals surface area (Å²) in [5, 5.41) is 7.10. The Bertz CT molecular complexity index is 1090. The second-order valence-electron chi connectivity index (χ2n) is 7.08. The quantitative estimate of drug-likeness (QED) is 0.718. The van der Waals surface area contributed by atoms with Gasteiger partial charge in [0.05, 0.1) is 12.5 Å². The maximum absolute atomic E-state index is 13.8. The number of nitrogens with zero attached hydrogens (tertiary/aromatic N) is 3. The van der Waals surface area contributed by atoms with Crippen LogP contribution in [0.25, 0.3) is 0 Å². The first-order valence-corrected chi connectivity index (χ1v) is 9.46. The van der Waals surface area contributed by atoms with Crippen molar-refractivity contribution in [2.45, 2.75) is 38.4 Å². The zero-order chi connectivity index (χ0) is 20.4. The van der Waals surface area contributed by atoms with Gasteiger partial charge in [-0.1, -0.05) is 36.4 Å². The van der Waals surface area contributed by atoms with E-state index in [-0.39, 0.29) is 23.7 Å². The van der Waals surface area contributed by atoms with Gasteiger partial charge in [-0.3, -0.25) is 9.36 Å². The fraction of sp³-hybridized carbons (Fsp3) is 0.286. The molecule has 0 spiro atoms. The highest BCUT2D eigenvalue weighted by Gasteiger charge is 2.31. The number of carbonyl (C=O) groups is 1. The minimum Gasteiger partial charge on any atom is -0.351 e. The largest absolute Gasteiger partial charge is 0.351 e. The van der Waals surface area contributed by atoms with Crippen LogP contribution in [0.1, 0.15) is 35.7 Å². The number of halogens is 2. The monoisotopic (exact) mass is 398 g/mol. The zero-order valence-corrected chi connectivity index (χ0v) is 15.6. The maximum Gasteiger partial charge on any atom is 0.346 e. The molecule has 0 bridgehead atoms. The molecule has 1 N–H and O–H groups in total. The molecule has 1 atom stereocenters. The summed E-state index contributed by atoms with van der Waals surface area (Å²) in [6.45, 7) is 0.782. The van der Waals surface area contributed by atoms with Crippen molar-refractivity contribution >= 4 is 5.91 Å². The summed E-state index contributed by atoms with van der Waals surface area (Å²) >= 11 is 0. The summed E-state index contributed by atoms with van der Waals surface area (Å²) in [7, 11) is 0. The number of benzene rings is 2. The van der Waals surface area contributed by atoms with Crippen LogP contribution in [0.5, 0.6) is 0 Å². The van der Waals surface area contributed by atoms with Crippen molar-refractivity contribution < 1.29 is 13.6 Å². The molecule has 6 nitrogen and oxygen atoms in total. The first-order chi connectivity index (χ1) is 14.0.